The Balaban J connectivity index is 1.90. The summed E-state index contributed by atoms with van der Waals surface area (Å²) in [6, 6.07) is 7.01. The van der Waals surface area contributed by atoms with Gasteiger partial charge in [-0.15, -0.1) is 0 Å². The van der Waals surface area contributed by atoms with Crippen LogP contribution in [0.5, 0.6) is 0 Å². The quantitative estimate of drug-likeness (QED) is 0.902. The number of rotatable bonds is 4. The van der Waals surface area contributed by atoms with Gasteiger partial charge in [0.05, 0.1) is 0 Å². The van der Waals surface area contributed by atoms with Gasteiger partial charge in [0.25, 0.3) is 0 Å². The Hall–Kier alpha value is -0.540. The van der Waals surface area contributed by atoms with E-state index in [-0.39, 0.29) is 0 Å². The molecule has 0 radical (unpaired) electrons. The maximum atomic E-state index is 3.70. The van der Waals surface area contributed by atoms with Gasteiger partial charge in [-0.2, -0.15) is 0 Å². The van der Waals surface area contributed by atoms with Crippen LogP contribution in [0.3, 0.4) is 0 Å². The van der Waals surface area contributed by atoms with Gasteiger partial charge in [-0.05, 0) is 50.4 Å². The molecule has 1 saturated heterocycles. The highest BCUT2D eigenvalue weighted by Crippen LogP contribution is 2.25. The van der Waals surface area contributed by atoms with Gasteiger partial charge in [0.1, 0.15) is 0 Å². The van der Waals surface area contributed by atoms with Crippen molar-refractivity contribution in [2.75, 3.05) is 25.0 Å². The van der Waals surface area contributed by atoms with Crippen molar-refractivity contribution in [1.29, 1.82) is 0 Å². The largest absolute Gasteiger partial charge is 0.382 e. The average molecular weight is 311 g/mol. The Labute approximate surface area is 119 Å². The number of hydrogen-bond acceptors (Lipinski definition) is 2. The summed E-state index contributed by atoms with van der Waals surface area (Å²) >= 11 is 3.59. The molecule has 2 rings (SSSR count). The fourth-order valence-corrected chi connectivity index (χ4v) is 2.97. The molecule has 2 nitrogen and oxygen atoms in total. The number of benzene rings is 1. The number of hydrogen-bond donors (Lipinski definition) is 1. The first-order valence-corrected chi connectivity index (χ1v) is 7.74. The number of nitrogens with zero attached hydrogens (tertiary/aromatic N) is 1. The van der Waals surface area contributed by atoms with Crippen LogP contribution in [0, 0.1) is 6.92 Å². The second-order valence-electron chi connectivity index (χ2n) is 5.17. The summed E-state index contributed by atoms with van der Waals surface area (Å²) in [6.45, 7) is 8.15. The summed E-state index contributed by atoms with van der Waals surface area (Å²) in [7, 11) is 0. The summed E-state index contributed by atoms with van der Waals surface area (Å²) in [5.74, 6) is 0. The Morgan fingerprint density at radius 3 is 2.72 bits per heavy atom. The van der Waals surface area contributed by atoms with Crippen molar-refractivity contribution in [3.63, 3.8) is 0 Å². The van der Waals surface area contributed by atoms with Crippen LogP contribution in [0.4, 0.5) is 5.69 Å². The second-order valence-corrected chi connectivity index (χ2v) is 6.03. The van der Waals surface area contributed by atoms with E-state index in [1.54, 1.807) is 0 Å². The van der Waals surface area contributed by atoms with Gasteiger partial charge in [0.15, 0.2) is 0 Å². The molecule has 0 atom stereocenters. The highest BCUT2D eigenvalue weighted by molar-refractivity contribution is 9.10. The minimum atomic E-state index is 0.631. The van der Waals surface area contributed by atoms with E-state index in [9.17, 15) is 0 Å². The molecule has 100 valence electrons. The summed E-state index contributed by atoms with van der Waals surface area (Å²) in [5.41, 5.74) is 2.59. The molecule has 1 heterocycles. The van der Waals surface area contributed by atoms with Crippen molar-refractivity contribution >= 4 is 21.6 Å². The van der Waals surface area contributed by atoms with Gasteiger partial charge in [-0.3, -0.25) is 0 Å². The first-order chi connectivity index (χ1) is 8.70. The van der Waals surface area contributed by atoms with E-state index in [2.05, 4.69) is 58.2 Å². The SMILES string of the molecule is CCCN1CCC(Nc2cccc(Br)c2C)CC1. The maximum Gasteiger partial charge on any atom is 0.0383 e. The number of anilines is 1. The van der Waals surface area contributed by atoms with Crippen LogP contribution in [-0.4, -0.2) is 30.6 Å². The standard InChI is InChI=1S/C15H23BrN2/c1-3-9-18-10-7-13(8-11-18)17-15-6-4-5-14(16)12(15)2/h4-6,13,17H,3,7-11H2,1-2H3. The Bertz CT molecular complexity index is 384. The highest BCUT2D eigenvalue weighted by atomic mass is 79.9. The third kappa shape index (κ3) is 3.48. The smallest absolute Gasteiger partial charge is 0.0383 e. The Kier molecular flexibility index (Phi) is 5.07. The highest BCUT2D eigenvalue weighted by Gasteiger charge is 2.18. The summed E-state index contributed by atoms with van der Waals surface area (Å²) < 4.78 is 1.19. The van der Waals surface area contributed by atoms with Gasteiger partial charge in [0.2, 0.25) is 0 Å². The lowest BCUT2D eigenvalue weighted by atomic mass is 10.0. The molecule has 1 aromatic carbocycles. The van der Waals surface area contributed by atoms with Crippen molar-refractivity contribution in [3.05, 3.63) is 28.2 Å². The van der Waals surface area contributed by atoms with E-state index < -0.39 is 0 Å². The third-order valence-electron chi connectivity index (χ3n) is 3.75. The fraction of sp³-hybridized carbons (Fsp3) is 0.600. The fourth-order valence-electron chi connectivity index (χ4n) is 2.60. The normalized spacial score (nSPS) is 17.9. The summed E-state index contributed by atoms with van der Waals surface area (Å²) in [6.07, 6.45) is 3.78. The van der Waals surface area contributed by atoms with Crippen LogP contribution in [-0.2, 0) is 0 Å². The summed E-state index contributed by atoms with van der Waals surface area (Å²) in [5, 5.41) is 3.70. The first kappa shape index (κ1) is 13.9. The molecule has 1 aromatic rings. The Morgan fingerprint density at radius 1 is 1.33 bits per heavy atom. The minimum absolute atomic E-state index is 0.631. The van der Waals surface area contributed by atoms with Crippen LogP contribution in [0.15, 0.2) is 22.7 Å². The van der Waals surface area contributed by atoms with Gasteiger partial charge in [0, 0.05) is 29.3 Å². The van der Waals surface area contributed by atoms with E-state index in [4.69, 9.17) is 0 Å². The van der Waals surface area contributed by atoms with Crippen molar-refractivity contribution in [1.82, 2.24) is 4.90 Å². The third-order valence-corrected chi connectivity index (χ3v) is 4.61. The van der Waals surface area contributed by atoms with Crippen LogP contribution in [0.25, 0.3) is 0 Å². The zero-order chi connectivity index (χ0) is 13.0. The molecule has 0 aliphatic carbocycles. The lowest BCUT2D eigenvalue weighted by molar-refractivity contribution is 0.219. The molecule has 0 amide bonds. The topological polar surface area (TPSA) is 15.3 Å². The predicted molar refractivity (Wildman–Crippen MR) is 82.3 cm³/mol. The molecule has 1 aliphatic heterocycles. The van der Waals surface area contributed by atoms with Crippen LogP contribution >= 0.6 is 15.9 Å². The van der Waals surface area contributed by atoms with Crippen molar-refractivity contribution in [2.45, 2.75) is 39.2 Å². The van der Waals surface area contributed by atoms with Crippen molar-refractivity contribution in [3.8, 4) is 0 Å². The molecule has 0 saturated carbocycles. The molecule has 1 aliphatic rings. The van der Waals surface area contributed by atoms with Gasteiger partial charge in [-0.1, -0.05) is 28.9 Å². The number of likely N-dealkylation sites (tertiary alicyclic amines) is 1. The van der Waals surface area contributed by atoms with Crippen molar-refractivity contribution in [2.24, 2.45) is 0 Å². The van der Waals surface area contributed by atoms with Crippen LogP contribution < -0.4 is 5.32 Å². The molecule has 0 bridgehead atoms. The van der Waals surface area contributed by atoms with E-state index >= 15 is 0 Å². The lowest BCUT2D eigenvalue weighted by Gasteiger charge is -2.33. The maximum absolute atomic E-state index is 3.70. The average Bonchev–Trinajstić information content (AvgIpc) is 2.38. The van der Waals surface area contributed by atoms with Gasteiger partial charge < -0.3 is 10.2 Å². The molecule has 0 spiro atoms. The van der Waals surface area contributed by atoms with E-state index in [1.807, 2.05) is 0 Å². The minimum Gasteiger partial charge on any atom is -0.382 e. The molecule has 0 unspecified atom stereocenters. The number of halogens is 1. The second kappa shape index (κ2) is 6.58. The lowest BCUT2D eigenvalue weighted by Crippen LogP contribution is -2.39. The number of piperidine rings is 1. The predicted octanol–water partition coefficient (Wildman–Crippen LogP) is 4.04. The zero-order valence-corrected chi connectivity index (χ0v) is 13.0. The number of nitrogens with one attached hydrogen (secondary N) is 1. The Morgan fingerprint density at radius 2 is 2.06 bits per heavy atom. The van der Waals surface area contributed by atoms with E-state index in [0.717, 1.165) is 0 Å². The first-order valence-electron chi connectivity index (χ1n) is 6.94. The van der Waals surface area contributed by atoms with Gasteiger partial charge >= 0.3 is 0 Å². The monoisotopic (exact) mass is 310 g/mol. The summed E-state index contributed by atoms with van der Waals surface area (Å²) in [4.78, 5) is 2.58. The van der Waals surface area contributed by atoms with E-state index in [0.29, 0.717) is 6.04 Å². The molecular weight excluding hydrogens is 288 g/mol. The van der Waals surface area contributed by atoms with Crippen LogP contribution in [0.2, 0.25) is 0 Å². The molecule has 18 heavy (non-hydrogen) atoms. The molecule has 1 fully saturated rings. The van der Waals surface area contributed by atoms with Gasteiger partial charge in [-0.25, -0.2) is 0 Å². The zero-order valence-electron chi connectivity index (χ0n) is 11.4. The van der Waals surface area contributed by atoms with E-state index in [1.165, 1.54) is 54.6 Å². The molecule has 1 N–H and O–H groups in total. The van der Waals surface area contributed by atoms with Crippen molar-refractivity contribution < 1.29 is 0 Å². The molecule has 3 heteroatoms. The molecule has 0 aromatic heterocycles. The molecular formula is C15H23BrN2. The van der Waals surface area contributed by atoms with Crippen LogP contribution in [0.1, 0.15) is 31.7 Å².